The first-order valence-corrected chi connectivity index (χ1v) is 6.40. The van der Waals surface area contributed by atoms with E-state index in [1.165, 1.54) is 6.07 Å². The number of benzene rings is 1. The Bertz CT molecular complexity index is 422. The van der Waals surface area contributed by atoms with Gasteiger partial charge in [0.1, 0.15) is 5.82 Å². The number of nitrogens with zero attached hydrogens (tertiary/aromatic N) is 1. The van der Waals surface area contributed by atoms with Crippen molar-refractivity contribution < 1.29 is 14.6 Å². The Morgan fingerprint density at radius 1 is 1.44 bits per heavy atom. The molecule has 1 saturated heterocycles. The van der Waals surface area contributed by atoms with Gasteiger partial charge >= 0.3 is 0 Å². The summed E-state index contributed by atoms with van der Waals surface area (Å²) in [6, 6.07) is 4.78. The first-order valence-electron chi connectivity index (χ1n) is 6.40. The van der Waals surface area contributed by atoms with Crippen molar-refractivity contribution in [2.45, 2.75) is 32.5 Å². The first kappa shape index (κ1) is 13.3. The molecule has 0 saturated carbocycles. The molecule has 2 N–H and O–H groups in total. The summed E-state index contributed by atoms with van der Waals surface area (Å²) in [4.78, 5) is 1.93. The number of halogens is 1. The third kappa shape index (κ3) is 2.49. The molecule has 1 aromatic rings. The standard InChI is InChI=1S/C14H20FNO2/c1-9-8-16(7-6-13(9)18)14-11(10(2)17)4-3-5-12(14)15/h3-5,9-10,13,17-18H,6-8H2,1-2H3. The van der Waals surface area contributed by atoms with E-state index in [0.29, 0.717) is 30.8 Å². The molecule has 1 aliphatic rings. The summed E-state index contributed by atoms with van der Waals surface area (Å²) in [6.45, 7) is 4.83. The number of anilines is 1. The Labute approximate surface area is 107 Å². The predicted molar refractivity (Wildman–Crippen MR) is 69.0 cm³/mol. The van der Waals surface area contributed by atoms with Gasteiger partial charge in [0.15, 0.2) is 0 Å². The molecule has 1 aromatic carbocycles. The minimum Gasteiger partial charge on any atom is -0.393 e. The Morgan fingerprint density at radius 3 is 2.78 bits per heavy atom. The van der Waals surface area contributed by atoms with Crippen LogP contribution in [-0.4, -0.2) is 29.4 Å². The second-order valence-electron chi connectivity index (χ2n) is 5.13. The molecule has 1 aliphatic heterocycles. The SMILES string of the molecule is CC(O)c1cccc(F)c1N1CCC(O)C(C)C1. The van der Waals surface area contributed by atoms with Gasteiger partial charge in [-0.05, 0) is 25.3 Å². The molecule has 4 heteroatoms. The molecule has 2 rings (SSSR count). The molecule has 0 aromatic heterocycles. The predicted octanol–water partition coefficient (Wildman–Crippen LogP) is 2.09. The Kier molecular flexibility index (Phi) is 3.88. The van der Waals surface area contributed by atoms with Crippen molar-refractivity contribution in [2.75, 3.05) is 18.0 Å². The molecule has 0 amide bonds. The summed E-state index contributed by atoms with van der Waals surface area (Å²) in [6.07, 6.45) is -0.379. The number of piperidine rings is 1. The lowest BCUT2D eigenvalue weighted by Gasteiger charge is -2.37. The maximum atomic E-state index is 14.0. The van der Waals surface area contributed by atoms with Gasteiger partial charge in [-0.2, -0.15) is 0 Å². The van der Waals surface area contributed by atoms with Gasteiger partial charge in [0.25, 0.3) is 0 Å². The average Bonchev–Trinajstić information content (AvgIpc) is 2.32. The molecule has 3 nitrogen and oxygen atoms in total. The van der Waals surface area contributed by atoms with Crippen molar-refractivity contribution in [3.63, 3.8) is 0 Å². The van der Waals surface area contributed by atoms with Crippen LogP contribution in [0.15, 0.2) is 18.2 Å². The molecular weight excluding hydrogens is 233 g/mol. The quantitative estimate of drug-likeness (QED) is 0.848. The zero-order chi connectivity index (χ0) is 13.3. The highest BCUT2D eigenvalue weighted by Crippen LogP contribution is 2.32. The fourth-order valence-corrected chi connectivity index (χ4v) is 2.54. The van der Waals surface area contributed by atoms with Crippen LogP contribution in [0.5, 0.6) is 0 Å². The second kappa shape index (κ2) is 5.24. The maximum absolute atomic E-state index is 14.0. The molecule has 0 bridgehead atoms. The molecular formula is C14H20FNO2. The normalized spacial score (nSPS) is 26.2. The van der Waals surface area contributed by atoms with E-state index in [1.54, 1.807) is 19.1 Å². The number of para-hydroxylation sites is 1. The minimum absolute atomic E-state index is 0.111. The number of aliphatic hydroxyl groups excluding tert-OH is 2. The summed E-state index contributed by atoms with van der Waals surface area (Å²) >= 11 is 0. The van der Waals surface area contributed by atoms with Crippen LogP contribution in [-0.2, 0) is 0 Å². The number of aliphatic hydroxyl groups is 2. The van der Waals surface area contributed by atoms with Crippen molar-refractivity contribution in [1.29, 1.82) is 0 Å². The molecule has 3 unspecified atom stereocenters. The number of hydrogen-bond donors (Lipinski definition) is 2. The van der Waals surface area contributed by atoms with Crippen LogP contribution in [0.3, 0.4) is 0 Å². The molecule has 0 radical (unpaired) electrons. The van der Waals surface area contributed by atoms with E-state index in [4.69, 9.17) is 0 Å². The highest BCUT2D eigenvalue weighted by atomic mass is 19.1. The third-order valence-electron chi connectivity index (χ3n) is 3.64. The van der Waals surface area contributed by atoms with E-state index >= 15 is 0 Å². The van der Waals surface area contributed by atoms with Gasteiger partial charge in [-0.3, -0.25) is 0 Å². The lowest BCUT2D eigenvalue weighted by molar-refractivity contribution is 0.0966. The average molecular weight is 253 g/mol. The largest absolute Gasteiger partial charge is 0.393 e. The number of rotatable bonds is 2. The van der Waals surface area contributed by atoms with E-state index < -0.39 is 6.10 Å². The Balaban J connectivity index is 2.33. The lowest BCUT2D eigenvalue weighted by Crippen LogP contribution is -2.42. The molecule has 0 aliphatic carbocycles. The van der Waals surface area contributed by atoms with Gasteiger partial charge < -0.3 is 15.1 Å². The molecule has 100 valence electrons. The van der Waals surface area contributed by atoms with Gasteiger partial charge in [-0.25, -0.2) is 4.39 Å². The van der Waals surface area contributed by atoms with Crippen LogP contribution < -0.4 is 4.90 Å². The summed E-state index contributed by atoms with van der Waals surface area (Å²) in [5, 5.41) is 19.5. The van der Waals surface area contributed by atoms with Crippen molar-refractivity contribution in [3.8, 4) is 0 Å². The Hall–Kier alpha value is -1.13. The highest BCUT2D eigenvalue weighted by Gasteiger charge is 2.27. The van der Waals surface area contributed by atoms with E-state index in [1.807, 2.05) is 11.8 Å². The monoisotopic (exact) mass is 253 g/mol. The smallest absolute Gasteiger partial charge is 0.146 e. The van der Waals surface area contributed by atoms with Crippen LogP contribution >= 0.6 is 0 Å². The summed E-state index contributed by atoms with van der Waals surface area (Å²) in [5.74, 6) is -0.197. The van der Waals surface area contributed by atoms with Crippen LogP contribution in [0.4, 0.5) is 10.1 Å². The van der Waals surface area contributed by atoms with E-state index in [-0.39, 0.29) is 17.8 Å². The second-order valence-corrected chi connectivity index (χ2v) is 5.13. The molecule has 18 heavy (non-hydrogen) atoms. The van der Waals surface area contributed by atoms with Crippen LogP contribution in [0, 0.1) is 11.7 Å². The molecule has 0 spiro atoms. The van der Waals surface area contributed by atoms with Crippen molar-refractivity contribution in [2.24, 2.45) is 5.92 Å². The summed E-state index contributed by atoms with van der Waals surface area (Å²) in [5.41, 5.74) is 1.09. The lowest BCUT2D eigenvalue weighted by atomic mass is 9.95. The fraction of sp³-hybridized carbons (Fsp3) is 0.571. The van der Waals surface area contributed by atoms with Gasteiger partial charge in [-0.15, -0.1) is 0 Å². The van der Waals surface area contributed by atoms with Crippen molar-refractivity contribution >= 4 is 5.69 Å². The van der Waals surface area contributed by atoms with E-state index in [0.717, 1.165) is 0 Å². The van der Waals surface area contributed by atoms with Crippen LogP contribution in [0.25, 0.3) is 0 Å². The molecule has 3 atom stereocenters. The first-order chi connectivity index (χ1) is 8.50. The maximum Gasteiger partial charge on any atom is 0.146 e. The third-order valence-corrected chi connectivity index (χ3v) is 3.64. The topological polar surface area (TPSA) is 43.7 Å². The number of hydrogen-bond acceptors (Lipinski definition) is 3. The van der Waals surface area contributed by atoms with Crippen LogP contribution in [0.1, 0.15) is 31.9 Å². The van der Waals surface area contributed by atoms with Crippen LogP contribution in [0.2, 0.25) is 0 Å². The van der Waals surface area contributed by atoms with Gasteiger partial charge in [0.05, 0.1) is 17.9 Å². The van der Waals surface area contributed by atoms with Gasteiger partial charge in [-0.1, -0.05) is 19.1 Å². The van der Waals surface area contributed by atoms with E-state index in [2.05, 4.69) is 0 Å². The Morgan fingerprint density at radius 2 is 2.17 bits per heavy atom. The van der Waals surface area contributed by atoms with E-state index in [9.17, 15) is 14.6 Å². The zero-order valence-electron chi connectivity index (χ0n) is 10.8. The molecule has 1 fully saturated rings. The summed E-state index contributed by atoms with van der Waals surface area (Å²) in [7, 11) is 0. The highest BCUT2D eigenvalue weighted by molar-refractivity contribution is 5.56. The van der Waals surface area contributed by atoms with Crippen molar-refractivity contribution in [1.82, 2.24) is 0 Å². The zero-order valence-corrected chi connectivity index (χ0v) is 10.8. The minimum atomic E-state index is -0.696. The van der Waals surface area contributed by atoms with Gasteiger partial charge in [0.2, 0.25) is 0 Å². The fourth-order valence-electron chi connectivity index (χ4n) is 2.54. The summed E-state index contributed by atoms with van der Waals surface area (Å²) < 4.78 is 14.0. The molecule has 1 heterocycles. The van der Waals surface area contributed by atoms with Crippen molar-refractivity contribution in [3.05, 3.63) is 29.6 Å². The van der Waals surface area contributed by atoms with Gasteiger partial charge in [0, 0.05) is 18.7 Å².